The van der Waals surface area contributed by atoms with Crippen molar-refractivity contribution in [3.63, 3.8) is 0 Å². The van der Waals surface area contributed by atoms with Gasteiger partial charge in [0.15, 0.2) is 0 Å². The van der Waals surface area contributed by atoms with Crippen LogP contribution < -0.4 is 10.5 Å². The van der Waals surface area contributed by atoms with Crippen molar-refractivity contribution in [3.05, 3.63) is 23.8 Å². The second-order valence-electron chi connectivity index (χ2n) is 4.26. The molecule has 1 aromatic carbocycles. The Bertz CT molecular complexity index is 390. The molecular formula is C13H19NO3. The molecule has 1 atom stereocenters. The minimum atomic E-state index is -0.976. The number of hydrogen-bond donors (Lipinski definition) is 2. The average Bonchev–Trinajstić information content (AvgIpc) is 2.28. The van der Waals surface area contributed by atoms with E-state index >= 15 is 0 Å². The quantitative estimate of drug-likeness (QED) is 0.746. The molecule has 1 rings (SSSR count). The van der Waals surface area contributed by atoms with Gasteiger partial charge >= 0.3 is 5.97 Å². The number of nitrogen functional groups attached to an aromatic ring is 1. The van der Waals surface area contributed by atoms with Crippen LogP contribution >= 0.6 is 0 Å². The molecule has 17 heavy (non-hydrogen) atoms. The van der Waals surface area contributed by atoms with Crippen molar-refractivity contribution in [3.8, 4) is 5.75 Å². The summed E-state index contributed by atoms with van der Waals surface area (Å²) in [6.07, 6.45) is 2.19. The van der Waals surface area contributed by atoms with Crippen molar-refractivity contribution < 1.29 is 14.6 Å². The van der Waals surface area contributed by atoms with E-state index < -0.39 is 5.97 Å². The van der Waals surface area contributed by atoms with E-state index in [0.29, 0.717) is 24.0 Å². The first-order chi connectivity index (χ1) is 8.04. The Morgan fingerprint density at radius 2 is 2.24 bits per heavy atom. The number of carboxylic acids is 1. The third kappa shape index (κ3) is 3.98. The van der Waals surface area contributed by atoms with E-state index in [9.17, 15) is 4.79 Å². The van der Waals surface area contributed by atoms with E-state index in [-0.39, 0.29) is 5.56 Å². The average molecular weight is 237 g/mol. The molecule has 0 saturated carbocycles. The van der Waals surface area contributed by atoms with Crippen molar-refractivity contribution in [2.75, 3.05) is 12.3 Å². The first-order valence-electron chi connectivity index (χ1n) is 5.80. The van der Waals surface area contributed by atoms with Gasteiger partial charge in [0, 0.05) is 0 Å². The molecule has 1 aromatic rings. The Labute approximate surface area is 101 Å². The van der Waals surface area contributed by atoms with Gasteiger partial charge in [-0.15, -0.1) is 0 Å². The second-order valence-corrected chi connectivity index (χ2v) is 4.26. The highest BCUT2D eigenvalue weighted by Crippen LogP contribution is 2.23. The van der Waals surface area contributed by atoms with Crippen LogP contribution in [0.3, 0.4) is 0 Å². The van der Waals surface area contributed by atoms with Crippen LogP contribution in [0.1, 0.15) is 37.0 Å². The lowest BCUT2D eigenvalue weighted by Gasteiger charge is -2.13. The van der Waals surface area contributed by atoms with Crippen molar-refractivity contribution in [1.82, 2.24) is 0 Å². The molecule has 0 aromatic heterocycles. The maximum atomic E-state index is 10.8. The van der Waals surface area contributed by atoms with Crippen LogP contribution in [0.4, 0.5) is 5.69 Å². The zero-order chi connectivity index (χ0) is 12.8. The van der Waals surface area contributed by atoms with Crippen LogP contribution in [0.15, 0.2) is 18.2 Å². The smallest absolute Gasteiger partial charge is 0.335 e. The number of rotatable bonds is 6. The normalized spacial score (nSPS) is 12.1. The first kappa shape index (κ1) is 13.4. The van der Waals surface area contributed by atoms with E-state index in [1.54, 1.807) is 6.07 Å². The summed E-state index contributed by atoms with van der Waals surface area (Å²) < 4.78 is 5.55. The number of anilines is 1. The highest BCUT2D eigenvalue weighted by Gasteiger charge is 2.09. The fourth-order valence-corrected chi connectivity index (χ4v) is 1.60. The Balaban J connectivity index is 2.69. The van der Waals surface area contributed by atoms with Gasteiger partial charge in [-0.1, -0.05) is 20.3 Å². The molecule has 1 unspecified atom stereocenters. The molecule has 94 valence electrons. The highest BCUT2D eigenvalue weighted by molar-refractivity contribution is 5.89. The number of aromatic carboxylic acids is 1. The van der Waals surface area contributed by atoms with Crippen LogP contribution in [-0.2, 0) is 0 Å². The molecule has 4 nitrogen and oxygen atoms in total. The molecule has 3 N–H and O–H groups in total. The molecule has 0 heterocycles. The van der Waals surface area contributed by atoms with E-state index in [0.717, 1.165) is 12.8 Å². The van der Waals surface area contributed by atoms with Gasteiger partial charge in [-0.25, -0.2) is 4.79 Å². The largest absolute Gasteiger partial charge is 0.491 e. The maximum Gasteiger partial charge on any atom is 0.335 e. The molecule has 0 bridgehead atoms. The number of hydrogen-bond acceptors (Lipinski definition) is 3. The van der Waals surface area contributed by atoms with Crippen LogP contribution in [0, 0.1) is 5.92 Å². The minimum absolute atomic E-state index is 0.192. The van der Waals surface area contributed by atoms with Gasteiger partial charge in [-0.3, -0.25) is 0 Å². The van der Waals surface area contributed by atoms with Gasteiger partial charge in [0.1, 0.15) is 5.75 Å². The summed E-state index contributed by atoms with van der Waals surface area (Å²) in [5.74, 6) is -0.0859. The maximum absolute atomic E-state index is 10.8. The van der Waals surface area contributed by atoms with Gasteiger partial charge in [-0.05, 0) is 30.5 Å². The zero-order valence-electron chi connectivity index (χ0n) is 10.3. The molecule has 0 aliphatic heterocycles. The Morgan fingerprint density at radius 1 is 1.53 bits per heavy atom. The Kier molecular flexibility index (Phi) is 4.82. The molecule has 0 aliphatic carbocycles. The lowest BCUT2D eigenvalue weighted by atomic mass is 10.1. The van der Waals surface area contributed by atoms with Crippen molar-refractivity contribution in [2.24, 2.45) is 5.92 Å². The van der Waals surface area contributed by atoms with Crippen molar-refractivity contribution in [1.29, 1.82) is 0 Å². The summed E-state index contributed by atoms with van der Waals surface area (Å²) in [5, 5.41) is 8.87. The fourth-order valence-electron chi connectivity index (χ4n) is 1.60. The molecule has 0 spiro atoms. The standard InChI is InChI=1S/C13H19NO3/c1-3-4-9(2)8-17-12-7-10(13(15)16)5-6-11(12)14/h5-7,9H,3-4,8,14H2,1-2H3,(H,15,16). The van der Waals surface area contributed by atoms with Crippen LogP contribution in [-0.4, -0.2) is 17.7 Å². The minimum Gasteiger partial charge on any atom is -0.491 e. The molecule has 0 amide bonds. The number of nitrogens with two attached hydrogens (primary N) is 1. The molecule has 4 heteroatoms. The molecule has 0 saturated heterocycles. The van der Waals surface area contributed by atoms with E-state index in [1.165, 1.54) is 12.1 Å². The lowest BCUT2D eigenvalue weighted by Crippen LogP contribution is -2.10. The summed E-state index contributed by atoms with van der Waals surface area (Å²) >= 11 is 0. The van der Waals surface area contributed by atoms with Crippen LogP contribution in [0.5, 0.6) is 5.75 Å². The topological polar surface area (TPSA) is 72.5 Å². The highest BCUT2D eigenvalue weighted by atomic mass is 16.5. The molecular weight excluding hydrogens is 218 g/mol. The molecule has 0 radical (unpaired) electrons. The van der Waals surface area contributed by atoms with Gasteiger partial charge < -0.3 is 15.6 Å². The Morgan fingerprint density at radius 3 is 2.82 bits per heavy atom. The number of benzene rings is 1. The molecule has 0 fully saturated rings. The van der Waals surface area contributed by atoms with E-state index in [2.05, 4.69) is 13.8 Å². The van der Waals surface area contributed by atoms with Gasteiger partial charge in [0.05, 0.1) is 17.9 Å². The van der Waals surface area contributed by atoms with Gasteiger partial charge in [-0.2, -0.15) is 0 Å². The monoisotopic (exact) mass is 237 g/mol. The van der Waals surface area contributed by atoms with E-state index in [4.69, 9.17) is 15.6 Å². The number of carbonyl (C=O) groups is 1. The second kappa shape index (κ2) is 6.13. The zero-order valence-corrected chi connectivity index (χ0v) is 10.3. The lowest BCUT2D eigenvalue weighted by molar-refractivity contribution is 0.0696. The Hall–Kier alpha value is -1.71. The van der Waals surface area contributed by atoms with Crippen LogP contribution in [0.25, 0.3) is 0 Å². The predicted molar refractivity (Wildman–Crippen MR) is 67.4 cm³/mol. The van der Waals surface area contributed by atoms with Crippen LogP contribution in [0.2, 0.25) is 0 Å². The summed E-state index contributed by atoms with van der Waals surface area (Å²) in [7, 11) is 0. The summed E-state index contributed by atoms with van der Waals surface area (Å²) in [6, 6.07) is 4.50. The third-order valence-electron chi connectivity index (χ3n) is 2.57. The van der Waals surface area contributed by atoms with E-state index in [1.807, 2.05) is 0 Å². The van der Waals surface area contributed by atoms with Gasteiger partial charge in [0.2, 0.25) is 0 Å². The molecule has 0 aliphatic rings. The van der Waals surface area contributed by atoms with Crippen molar-refractivity contribution >= 4 is 11.7 Å². The predicted octanol–water partition coefficient (Wildman–Crippen LogP) is 2.78. The number of carboxylic acid groups (broad SMARTS) is 1. The van der Waals surface area contributed by atoms with Gasteiger partial charge in [0.25, 0.3) is 0 Å². The number of ether oxygens (including phenoxy) is 1. The summed E-state index contributed by atoms with van der Waals surface area (Å²) in [5.41, 5.74) is 6.39. The SMILES string of the molecule is CCCC(C)COc1cc(C(=O)O)ccc1N. The third-order valence-corrected chi connectivity index (χ3v) is 2.57. The fraction of sp³-hybridized carbons (Fsp3) is 0.462. The summed E-state index contributed by atoms with van der Waals surface area (Å²) in [4.78, 5) is 10.8. The van der Waals surface area contributed by atoms with Crippen molar-refractivity contribution in [2.45, 2.75) is 26.7 Å². The summed E-state index contributed by atoms with van der Waals surface area (Å²) in [6.45, 7) is 4.78. The first-order valence-corrected chi connectivity index (χ1v) is 5.80.